The predicted molar refractivity (Wildman–Crippen MR) is 262 cm³/mol. The van der Waals surface area contributed by atoms with Crippen molar-refractivity contribution in [1.29, 1.82) is 0 Å². The Balaban J connectivity index is 3.64. The number of carbonyl (C=O) groups excluding carboxylic acids is 1. The minimum atomic E-state index is -0.877. The van der Waals surface area contributed by atoms with Gasteiger partial charge in [-0.15, -0.1) is 0 Å². The van der Waals surface area contributed by atoms with Gasteiger partial charge in [0, 0.05) is 6.42 Å². The Morgan fingerprint density at radius 2 is 0.763 bits per heavy atom. The van der Waals surface area contributed by atoms with Crippen LogP contribution in [0.1, 0.15) is 226 Å². The number of amides is 1. The molecule has 0 spiro atoms. The molecule has 0 saturated heterocycles. The van der Waals surface area contributed by atoms with Crippen LogP contribution in [0.3, 0.4) is 0 Å². The maximum absolute atomic E-state index is 12.4. The van der Waals surface area contributed by atoms with Crippen molar-refractivity contribution in [3.8, 4) is 0 Å². The zero-order valence-corrected chi connectivity index (χ0v) is 38.7. The molecule has 0 aliphatic carbocycles. The molecule has 3 N–H and O–H groups in total. The van der Waals surface area contributed by atoms with Crippen molar-refractivity contribution in [2.75, 3.05) is 6.61 Å². The first-order valence-electron chi connectivity index (χ1n) is 25.0. The van der Waals surface area contributed by atoms with Crippen LogP contribution in [-0.4, -0.2) is 34.9 Å². The maximum Gasteiger partial charge on any atom is 0.220 e. The molecule has 4 heteroatoms. The van der Waals surface area contributed by atoms with Gasteiger partial charge >= 0.3 is 0 Å². The van der Waals surface area contributed by atoms with E-state index in [1.807, 2.05) is 6.08 Å². The van der Waals surface area contributed by atoms with Gasteiger partial charge < -0.3 is 15.5 Å². The lowest BCUT2D eigenvalue weighted by molar-refractivity contribution is -0.123. The minimum Gasteiger partial charge on any atom is -0.394 e. The van der Waals surface area contributed by atoms with Crippen LogP contribution in [0, 0.1) is 0 Å². The highest BCUT2D eigenvalue weighted by Crippen LogP contribution is 2.14. The number of nitrogens with one attached hydrogen (secondary N) is 1. The summed E-state index contributed by atoms with van der Waals surface area (Å²) < 4.78 is 0. The average Bonchev–Trinajstić information content (AvgIpc) is 3.24. The number of carbonyl (C=O) groups is 1. The molecule has 0 aromatic heterocycles. The summed E-state index contributed by atoms with van der Waals surface area (Å²) in [5.41, 5.74) is 0. The average molecular weight is 818 g/mol. The third-order valence-electron chi connectivity index (χ3n) is 10.8. The van der Waals surface area contributed by atoms with Crippen LogP contribution in [0.5, 0.6) is 0 Å². The maximum atomic E-state index is 12.4. The lowest BCUT2D eigenvalue weighted by atomic mass is 10.0. The fourth-order valence-corrected chi connectivity index (χ4v) is 7.00. The van der Waals surface area contributed by atoms with Gasteiger partial charge in [-0.1, -0.05) is 227 Å². The molecule has 4 nitrogen and oxygen atoms in total. The fourth-order valence-electron chi connectivity index (χ4n) is 7.00. The Hall–Kier alpha value is -2.69. The Morgan fingerprint density at radius 1 is 0.424 bits per heavy atom. The molecule has 0 heterocycles. The first-order valence-corrected chi connectivity index (χ1v) is 25.0. The molecular weight excluding hydrogens is 723 g/mol. The molecule has 0 aromatic rings. The molecule has 0 aliphatic heterocycles. The predicted octanol–water partition coefficient (Wildman–Crippen LogP) is 16.2. The van der Waals surface area contributed by atoms with Crippen LogP contribution >= 0.6 is 0 Å². The molecule has 0 fully saturated rings. The molecule has 59 heavy (non-hydrogen) atoms. The number of unbranched alkanes of at least 4 members (excludes halogenated alkanes) is 23. The van der Waals surface area contributed by atoms with E-state index in [1.54, 1.807) is 6.08 Å². The summed E-state index contributed by atoms with van der Waals surface area (Å²) in [6, 6.07) is -0.653. The SMILES string of the molecule is CC/C=C\C/C=C\C/C=C\C/C=C\C/C=C\CCCCCCCCCCCCCC(=O)NC(CO)C(O)/C=C/CC/C=C/CC/C=C/CCCCCCCCCCCC. The molecule has 2 unspecified atom stereocenters. The molecule has 0 saturated carbocycles. The standard InChI is InChI=1S/C55H95NO3/c1-3-5-7-9-11-13-15-17-19-21-23-25-26-27-28-29-30-31-33-35-37-39-41-43-45-47-49-51-55(59)56-53(52-57)54(58)50-48-46-44-42-40-38-36-34-32-24-22-20-18-16-14-12-10-8-6-4-2/h5,7,11,13,17,19,23,25,27-28,32,34,40,42,48,50,53-54,57-58H,3-4,6,8-10,12,14-16,18,20-22,24,26,29-31,33,35-39,41,43-47,49,51-52H2,1-2H3,(H,56,59)/b7-5-,13-11-,19-17-,25-23-,28-27-,34-32+,42-40+,50-48+. The van der Waals surface area contributed by atoms with E-state index in [4.69, 9.17) is 0 Å². The first kappa shape index (κ1) is 56.3. The van der Waals surface area contributed by atoms with Crippen LogP contribution in [0.25, 0.3) is 0 Å². The molecule has 1 amide bonds. The van der Waals surface area contributed by atoms with Crippen molar-refractivity contribution < 1.29 is 15.0 Å². The van der Waals surface area contributed by atoms with Gasteiger partial charge in [0.05, 0.1) is 18.8 Å². The van der Waals surface area contributed by atoms with Crippen LogP contribution in [0.15, 0.2) is 97.2 Å². The van der Waals surface area contributed by atoms with Crippen molar-refractivity contribution in [3.63, 3.8) is 0 Å². The molecular formula is C55H95NO3. The van der Waals surface area contributed by atoms with Gasteiger partial charge in [0.15, 0.2) is 0 Å². The molecule has 0 aliphatic rings. The zero-order valence-electron chi connectivity index (χ0n) is 38.7. The van der Waals surface area contributed by atoms with E-state index in [9.17, 15) is 15.0 Å². The third kappa shape index (κ3) is 46.2. The normalized spacial score (nSPS) is 13.8. The van der Waals surface area contributed by atoms with Crippen molar-refractivity contribution in [3.05, 3.63) is 97.2 Å². The van der Waals surface area contributed by atoms with Crippen molar-refractivity contribution in [2.45, 2.75) is 238 Å². The summed E-state index contributed by atoms with van der Waals surface area (Å²) in [5.74, 6) is -0.0849. The van der Waals surface area contributed by atoms with Crippen molar-refractivity contribution >= 4 is 5.91 Å². The molecule has 0 bridgehead atoms. The van der Waals surface area contributed by atoms with E-state index in [-0.39, 0.29) is 12.5 Å². The van der Waals surface area contributed by atoms with Crippen molar-refractivity contribution in [2.24, 2.45) is 0 Å². The van der Waals surface area contributed by atoms with Gasteiger partial charge in [0.1, 0.15) is 0 Å². The van der Waals surface area contributed by atoms with Crippen LogP contribution in [-0.2, 0) is 4.79 Å². The summed E-state index contributed by atoms with van der Waals surface area (Å²) in [4.78, 5) is 12.4. The summed E-state index contributed by atoms with van der Waals surface area (Å²) in [5, 5.41) is 23.1. The molecule has 2 atom stereocenters. The summed E-state index contributed by atoms with van der Waals surface area (Å²) >= 11 is 0. The molecule has 338 valence electrons. The van der Waals surface area contributed by atoms with E-state index < -0.39 is 12.1 Å². The lowest BCUT2D eigenvalue weighted by Gasteiger charge is -2.19. The highest BCUT2D eigenvalue weighted by atomic mass is 16.3. The Kier molecular flexibility index (Phi) is 47.4. The lowest BCUT2D eigenvalue weighted by Crippen LogP contribution is -2.45. The van der Waals surface area contributed by atoms with Gasteiger partial charge in [-0.3, -0.25) is 4.79 Å². The number of aliphatic hydroxyl groups is 2. The summed E-state index contributed by atoms with van der Waals surface area (Å²) in [6.07, 6.45) is 73.9. The smallest absolute Gasteiger partial charge is 0.220 e. The van der Waals surface area contributed by atoms with E-state index in [0.717, 1.165) is 70.6 Å². The summed E-state index contributed by atoms with van der Waals surface area (Å²) in [6.45, 7) is 4.18. The van der Waals surface area contributed by atoms with Gasteiger partial charge in [0.2, 0.25) is 5.91 Å². The monoisotopic (exact) mass is 818 g/mol. The Morgan fingerprint density at radius 3 is 1.19 bits per heavy atom. The minimum absolute atomic E-state index is 0.0849. The van der Waals surface area contributed by atoms with Crippen molar-refractivity contribution in [1.82, 2.24) is 5.32 Å². The molecule has 0 aromatic carbocycles. The van der Waals surface area contributed by atoms with Gasteiger partial charge in [0.25, 0.3) is 0 Å². The zero-order chi connectivity index (χ0) is 42.8. The Bertz CT molecular complexity index is 1110. The highest BCUT2D eigenvalue weighted by molar-refractivity contribution is 5.76. The second-order valence-corrected chi connectivity index (χ2v) is 16.5. The summed E-state index contributed by atoms with van der Waals surface area (Å²) in [7, 11) is 0. The Labute approximate surface area is 366 Å². The number of allylic oxidation sites excluding steroid dienone is 15. The van der Waals surface area contributed by atoms with Crippen LogP contribution < -0.4 is 5.32 Å². The second-order valence-electron chi connectivity index (χ2n) is 16.5. The third-order valence-corrected chi connectivity index (χ3v) is 10.8. The number of aliphatic hydroxyl groups excluding tert-OH is 2. The van der Waals surface area contributed by atoms with Crippen LogP contribution in [0.2, 0.25) is 0 Å². The van der Waals surface area contributed by atoms with Gasteiger partial charge in [-0.2, -0.15) is 0 Å². The van der Waals surface area contributed by atoms with E-state index in [2.05, 4.69) is 104 Å². The van der Waals surface area contributed by atoms with E-state index in [0.29, 0.717) is 6.42 Å². The van der Waals surface area contributed by atoms with Gasteiger partial charge in [-0.05, 0) is 89.9 Å². The highest BCUT2D eigenvalue weighted by Gasteiger charge is 2.17. The quantitative estimate of drug-likeness (QED) is 0.0424. The van der Waals surface area contributed by atoms with Gasteiger partial charge in [-0.25, -0.2) is 0 Å². The molecule has 0 rings (SSSR count). The molecule has 0 radical (unpaired) electrons. The topological polar surface area (TPSA) is 69.6 Å². The number of hydrogen-bond acceptors (Lipinski definition) is 3. The first-order chi connectivity index (χ1) is 29.2. The number of rotatable bonds is 44. The fraction of sp³-hybridized carbons (Fsp3) is 0.691. The number of hydrogen-bond donors (Lipinski definition) is 3. The largest absolute Gasteiger partial charge is 0.394 e. The second kappa shape index (κ2) is 49.7. The van der Waals surface area contributed by atoms with Crippen LogP contribution in [0.4, 0.5) is 0 Å². The van der Waals surface area contributed by atoms with E-state index >= 15 is 0 Å². The van der Waals surface area contributed by atoms with E-state index in [1.165, 1.54) is 135 Å².